The third kappa shape index (κ3) is 4.17. The van der Waals surface area contributed by atoms with Crippen LogP contribution < -0.4 is 11.1 Å². The van der Waals surface area contributed by atoms with Gasteiger partial charge in [-0.25, -0.2) is 4.79 Å². The second-order valence-corrected chi connectivity index (χ2v) is 6.34. The van der Waals surface area contributed by atoms with Gasteiger partial charge in [-0.15, -0.1) is 0 Å². The Labute approximate surface area is 162 Å². The summed E-state index contributed by atoms with van der Waals surface area (Å²) in [6.45, 7) is 0. The minimum Gasteiger partial charge on any atom is -0.465 e. The molecule has 28 heavy (non-hydrogen) atoms. The van der Waals surface area contributed by atoms with Crippen LogP contribution in [-0.2, 0) is 16.0 Å². The number of amides is 2. The summed E-state index contributed by atoms with van der Waals surface area (Å²) >= 11 is 0. The van der Waals surface area contributed by atoms with Gasteiger partial charge in [0.1, 0.15) is 6.04 Å². The van der Waals surface area contributed by atoms with Crippen molar-refractivity contribution in [1.82, 2.24) is 5.32 Å². The fourth-order valence-corrected chi connectivity index (χ4v) is 3.06. The first-order chi connectivity index (χ1) is 13.5. The number of methoxy groups -OCH3 is 1. The minimum absolute atomic E-state index is 0.243. The molecule has 0 aliphatic carbocycles. The highest BCUT2D eigenvalue weighted by molar-refractivity contribution is 6.00. The predicted molar refractivity (Wildman–Crippen MR) is 106 cm³/mol. The van der Waals surface area contributed by atoms with Crippen molar-refractivity contribution in [2.24, 2.45) is 5.73 Å². The van der Waals surface area contributed by atoms with Gasteiger partial charge < -0.3 is 15.8 Å². The molecule has 3 rings (SSSR count). The Morgan fingerprint density at radius 2 is 1.64 bits per heavy atom. The van der Waals surface area contributed by atoms with Gasteiger partial charge >= 0.3 is 5.97 Å². The van der Waals surface area contributed by atoms with Gasteiger partial charge in [0, 0.05) is 12.0 Å². The lowest BCUT2D eigenvalue weighted by Crippen LogP contribution is -2.45. The van der Waals surface area contributed by atoms with Gasteiger partial charge in [0.05, 0.1) is 12.7 Å². The molecule has 0 fully saturated rings. The first kappa shape index (κ1) is 19.1. The van der Waals surface area contributed by atoms with Crippen LogP contribution in [0.25, 0.3) is 10.8 Å². The molecule has 6 nitrogen and oxygen atoms in total. The zero-order valence-electron chi connectivity index (χ0n) is 15.3. The monoisotopic (exact) mass is 376 g/mol. The summed E-state index contributed by atoms with van der Waals surface area (Å²) < 4.78 is 4.67. The molecule has 0 aliphatic rings. The number of nitrogens with two attached hydrogens (primary N) is 1. The van der Waals surface area contributed by atoms with Gasteiger partial charge in [-0.2, -0.15) is 0 Å². The SMILES string of the molecule is COC(=O)c1cccc(C(=O)N[C@H](Cc2cccc3ccccc23)C(N)=O)c1. The lowest BCUT2D eigenvalue weighted by atomic mass is 9.98. The molecular weight excluding hydrogens is 356 g/mol. The Kier molecular flexibility index (Phi) is 5.69. The molecule has 0 aromatic heterocycles. The number of carbonyl (C=O) groups excluding carboxylic acids is 3. The standard InChI is InChI=1S/C22H20N2O4/c1-28-22(27)17-10-5-9-16(12-17)21(26)24-19(20(23)25)13-15-8-4-7-14-6-2-3-11-18(14)15/h2-12,19H,13H2,1H3,(H2,23,25)(H,24,26)/t19-/m1/s1. The zero-order valence-corrected chi connectivity index (χ0v) is 15.3. The van der Waals surface area contributed by atoms with Crippen molar-refractivity contribution < 1.29 is 19.1 Å². The van der Waals surface area contributed by atoms with E-state index in [1.54, 1.807) is 18.2 Å². The number of fused-ring (bicyclic) bond motifs is 1. The van der Waals surface area contributed by atoms with Crippen molar-refractivity contribution in [3.05, 3.63) is 83.4 Å². The summed E-state index contributed by atoms with van der Waals surface area (Å²) in [6, 6.07) is 18.8. The van der Waals surface area contributed by atoms with Gasteiger partial charge in [0.15, 0.2) is 0 Å². The lowest BCUT2D eigenvalue weighted by molar-refractivity contribution is -0.119. The number of rotatable bonds is 6. The van der Waals surface area contributed by atoms with E-state index in [4.69, 9.17) is 5.73 Å². The lowest BCUT2D eigenvalue weighted by Gasteiger charge is -2.17. The van der Waals surface area contributed by atoms with E-state index in [0.717, 1.165) is 16.3 Å². The van der Waals surface area contributed by atoms with Crippen LogP contribution in [0.4, 0.5) is 0 Å². The fraction of sp³-hybridized carbons (Fsp3) is 0.136. The van der Waals surface area contributed by atoms with E-state index in [-0.39, 0.29) is 17.5 Å². The predicted octanol–water partition coefficient (Wildman–Crippen LogP) is 2.45. The molecule has 0 aliphatic heterocycles. The van der Waals surface area contributed by atoms with Crippen LogP contribution in [0.1, 0.15) is 26.3 Å². The van der Waals surface area contributed by atoms with E-state index >= 15 is 0 Å². The van der Waals surface area contributed by atoms with E-state index in [9.17, 15) is 14.4 Å². The Morgan fingerprint density at radius 1 is 0.964 bits per heavy atom. The third-order valence-corrected chi connectivity index (χ3v) is 4.50. The zero-order chi connectivity index (χ0) is 20.1. The number of esters is 1. The summed E-state index contributed by atoms with van der Waals surface area (Å²) in [5.41, 5.74) is 6.93. The van der Waals surface area contributed by atoms with E-state index < -0.39 is 23.8 Å². The molecule has 0 saturated heterocycles. The summed E-state index contributed by atoms with van der Waals surface area (Å²) in [6.07, 6.45) is 0.263. The Bertz CT molecular complexity index is 1040. The molecule has 3 aromatic rings. The smallest absolute Gasteiger partial charge is 0.337 e. The molecule has 0 radical (unpaired) electrons. The minimum atomic E-state index is -0.889. The third-order valence-electron chi connectivity index (χ3n) is 4.50. The second kappa shape index (κ2) is 8.35. The van der Waals surface area contributed by atoms with E-state index in [0.29, 0.717) is 0 Å². The highest BCUT2D eigenvalue weighted by Crippen LogP contribution is 2.20. The van der Waals surface area contributed by atoms with Crippen molar-refractivity contribution in [2.75, 3.05) is 7.11 Å². The van der Waals surface area contributed by atoms with E-state index in [1.807, 2.05) is 42.5 Å². The van der Waals surface area contributed by atoms with Crippen LogP contribution in [0.15, 0.2) is 66.7 Å². The summed E-state index contributed by atoms with van der Waals surface area (Å²) in [5, 5.41) is 4.70. The molecule has 142 valence electrons. The maximum absolute atomic E-state index is 12.6. The topological polar surface area (TPSA) is 98.5 Å². The van der Waals surface area contributed by atoms with Crippen molar-refractivity contribution in [3.8, 4) is 0 Å². The van der Waals surface area contributed by atoms with Crippen molar-refractivity contribution in [3.63, 3.8) is 0 Å². The molecule has 0 bridgehead atoms. The molecule has 0 spiro atoms. The van der Waals surface area contributed by atoms with Crippen LogP contribution in [0.3, 0.4) is 0 Å². The average Bonchev–Trinajstić information content (AvgIpc) is 2.72. The molecule has 0 heterocycles. The Balaban J connectivity index is 1.83. The number of carbonyl (C=O) groups is 3. The summed E-state index contributed by atoms with van der Waals surface area (Å²) in [4.78, 5) is 36.2. The van der Waals surface area contributed by atoms with E-state index in [1.165, 1.54) is 13.2 Å². The van der Waals surface area contributed by atoms with Gasteiger partial charge in [0.2, 0.25) is 5.91 Å². The molecule has 3 N–H and O–H groups in total. The van der Waals surface area contributed by atoms with Gasteiger partial charge in [-0.1, -0.05) is 48.5 Å². The number of benzene rings is 3. The van der Waals surface area contributed by atoms with Crippen LogP contribution in [0.2, 0.25) is 0 Å². The molecule has 1 atom stereocenters. The number of nitrogens with one attached hydrogen (secondary N) is 1. The fourth-order valence-electron chi connectivity index (χ4n) is 3.06. The highest BCUT2D eigenvalue weighted by atomic mass is 16.5. The van der Waals surface area contributed by atoms with Crippen LogP contribution in [0, 0.1) is 0 Å². The summed E-state index contributed by atoms with van der Waals surface area (Å²) in [7, 11) is 1.27. The quantitative estimate of drug-likeness (QED) is 0.646. The maximum Gasteiger partial charge on any atom is 0.337 e. The molecule has 2 amide bonds. The molecule has 0 unspecified atom stereocenters. The average molecular weight is 376 g/mol. The van der Waals surface area contributed by atoms with E-state index in [2.05, 4.69) is 10.1 Å². The number of primary amides is 1. The molecular formula is C22H20N2O4. The van der Waals surface area contributed by atoms with Gasteiger partial charge in [0.25, 0.3) is 5.91 Å². The number of ether oxygens (including phenoxy) is 1. The highest BCUT2D eigenvalue weighted by Gasteiger charge is 2.21. The first-order valence-corrected chi connectivity index (χ1v) is 8.75. The molecule has 6 heteroatoms. The van der Waals surface area contributed by atoms with Crippen LogP contribution in [-0.4, -0.2) is 30.9 Å². The van der Waals surface area contributed by atoms with Crippen molar-refractivity contribution >= 4 is 28.6 Å². The first-order valence-electron chi connectivity index (χ1n) is 8.75. The van der Waals surface area contributed by atoms with Crippen LogP contribution in [0.5, 0.6) is 0 Å². The normalized spacial score (nSPS) is 11.6. The Morgan fingerprint density at radius 3 is 2.39 bits per heavy atom. The number of hydrogen-bond donors (Lipinski definition) is 2. The maximum atomic E-state index is 12.6. The summed E-state index contributed by atoms with van der Waals surface area (Å²) in [5.74, 6) is -1.67. The second-order valence-electron chi connectivity index (χ2n) is 6.34. The van der Waals surface area contributed by atoms with Crippen LogP contribution >= 0.6 is 0 Å². The van der Waals surface area contributed by atoms with Gasteiger partial charge in [-0.3, -0.25) is 9.59 Å². The molecule has 3 aromatic carbocycles. The Hall–Kier alpha value is -3.67. The number of hydrogen-bond acceptors (Lipinski definition) is 4. The molecule has 0 saturated carbocycles. The largest absolute Gasteiger partial charge is 0.465 e. The van der Waals surface area contributed by atoms with Gasteiger partial charge in [-0.05, 0) is 34.5 Å². The van der Waals surface area contributed by atoms with Crippen molar-refractivity contribution in [2.45, 2.75) is 12.5 Å². The van der Waals surface area contributed by atoms with Crippen molar-refractivity contribution in [1.29, 1.82) is 0 Å².